The van der Waals surface area contributed by atoms with Gasteiger partial charge in [-0.05, 0) is 18.2 Å². The molecule has 0 atom stereocenters. The number of para-hydroxylation sites is 1. The fraction of sp³-hybridized carbons (Fsp3) is 0. The van der Waals surface area contributed by atoms with Gasteiger partial charge in [-0.15, -0.1) is 0 Å². The highest BCUT2D eigenvalue weighted by molar-refractivity contribution is 5.96. The first-order chi connectivity index (χ1) is 7.74. The zero-order chi connectivity index (χ0) is 11.1. The van der Waals surface area contributed by atoms with Gasteiger partial charge in [-0.3, -0.25) is 0 Å². The number of hydrogen-bond acceptors (Lipinski definition) is 3. The molecule has 78 valence electrons. The number of hydrogen-bond donors (Lipinski definition) is 2. The van der Waals surface area contributed by atoms with Gasteiger partial charge in [0, 0.05) is 22.5 Å². The predicted molar refractivity (Wildman–Crippen MR) is 65.3 cm³/mol. The van der Waals surface area contributed by atoms with Crippen molar-refractivity contribution in [2.24, 2.45) is 0 Å². The smallest absolute Gasteiger partial charge is 0.143 e. The third kappa shape index (κ3) is 1.26. The summed E-state index contributed by atoms with van der Waals surface area (Å²) in [7, 11) is 0. The Balaban J connectivity index is 2.51. The number of fused-ring (bicyclic) bond motifs is 2. The van der Waals surface area contributed by atoms with E-state index in [-0.39, 0.29) is 5.75 Å². The van der Waals surface area contributed by atoms with Gasteiger partial charge in [-0.25, -0.2) is 4.98 Å². The lowest BCUT2D eigenvalue weighted by molar-refractivity contribution is 0.481. The molecule has 16 heavy (non-hydrogen) atoms. The van der Waals surface area contributed by atoms with Crippen molar-refractivity contribution in [1.82, 2.24) is 4.98 Å². The molecule has 3 aromatic rings. The molecular weight excluding hydrogens is 200 g/mol. The lowest BCUT2D eigenvalue weighted by Crippen LogP contribution is -1.87. The number of rotatable bonds is 0. The number of aromatic hydroxyl groups is 1. The second-order valence-electron chi connectivity index (χ2n) is 3.79. The quantitative estimate of drug-likeness (QED) is 0.443. The molecule has 0 aliphatic heterocycles. The van der Waals surface area contributed by atoms with Crippen LogP contribution in [0.5, 0.6) is 5.75 Å². The fourth-order valence-corrected chi connectivity index (χ4v) is 1.89. The first kappa shape index (κ1) is 8.97. The molecule has 0 amide bonds. The maximum Gasteiger partial charge on any atom is 0.143 e. The molecule has 3 rings (SSSR count). The Labute approximate surface area is 92.1 Å². The number of phenols is 1. The van der Waals surface area contributed by atoms with Gasteiger partial charge < -0.3 is 10.8 Å². The highest BCUT2D eigenvalue weighted by atomic mass is 16.3. The molecule has 0 unspecified atom stereocenters. The lowest BCUT2D eigenvalue weighted by atomic mass is 10.1. The molecule has 0 spiro atoms. The molecule has 0 bridgehead atoms. The van der Waals surface area contributed by atoms with Gasteiger partial charge >= 0.3 is 0 Å². The van der Waals surface area contributed by atoms with E-state index in [9.17, 15) is 5.11 Å². The number of nitrogens with two attached hydrogens (primary N) is 1. The summed E-state index contributed by atoms with van der Waals surface area (Å²) in [5.74, 6) is 0.126. The lowest BCUT2D eigenvalue weighted by Gasteiger charge is -2.04. The second kappa shape index (κ2) is 3.10. The van der Waals surface area contributed by atoms with Crippen molar-refractivity contribution >= 4 is 27.5 Å². The van der Waals surface area contributed by atoms with Gasteiger partial charge in [-0.2, -0.15) is 0 Å². The van der Waals surface area contributed by atoms with Crippen molar-refractivity contribution in [3.63, 3.8) is 0 Å². The van der Waals surface area contributed by atoms with Crippen LogP contribution in [0.3, 0.4) is 0 Å². The van der Waals surface area contributed by atoms with Crippen LogP contribution in [0.15, 0.2) is 42.5 Å². The van der Waals surface area contributed by atoms with Gasteiger partial charge in [-0.1, -0.05) is 18.2 Å². The van der Waals surface area contributed by atoms with Crippen molar-refractivity contribution in [3.8, 4) is 5.75 Å². The van der Waals surface area contributed by atoms with Crippen LogP contribution in [0, 0.1) is 0 Å². The minimum absolute atomic E-state index is 0.126. The molecule has 0 fully saturated rings. The largest absolute Gasteiger partial charge is 0.506 e. The number of nitrogens with zero attached hydrogens (tertiary/aromatic N) is 1. The van der Waals surface area contributed by atoms with E-state index in [1.54, 1.807) is 0 Å². The van der Waals surface area contributed by atoms with E-state index in [2.05, 4.69) is 4.98 Å². The summed E-state index contributed by atoms with van der Waals surface area (Å²) < 4.78 is 0. The Morgan fingerprint density at radius 3 is 2.69 bits per heavy atom. The molecule has 0 aliphatic rings. The zero-order valence-corrected chi connectivity index (χ0v) is 8.51. The van der Waals surface area contributed by atoms with E-state index in [1.165, 1.54) is 6.07 Å². The summed E-state index contributed by atoms with van der Waals surface area (Å²) in [6, 6.07) is 13.1. The number of phenolic OH excluding ortho intramolecular Hbond substituents is 1. The Bertz CT molecular complexity index is 692. The Kier molecular flexibility index (Phi) is 1.74. The van der Waals surface area contributed by atoms with Gasteiger partial charge in [0.25, 0.3) is 0 Å². The van der Waals surface area contributed by atoms with Crippen molar-refractivity contribution in [1.29, 1.82) is 0 Å². The van der Waals surface area contributed by atoms with E-state index in [0.717, 1.165) is 16.3 Å². The second-order valence-corrected chi connectivity index (χ2v) is 3.79. The van der Waals surface area contributed by atoms with Crippen LogP contribution in [-0.2, 0) is 0 Å². The number of benzene rings is 2. The van der Waals surface area contributed by atoms with Gasteiger partial charge in [0.1, 0.15) is 11.3 Å². The summed E-state index contributed by atoms with van der Waals surface area (Å²) in [4.78, 5) is 4.41. The minimum atomic E-state index is 0.126. The highest BCUT2D eigenvalue weighted by Gasteiger charge is 2.04. The molecule has 1 aromatic heterocycles. The van der Waals surface area contributed by atoms with E-state index in [1.807, 2.05) is 36.4 Å². The average Bonchev–Trinajstić information content (AvgIpc) is 2.27. The average molecular weight is 210 g/mol. The minimum Gasteiger partial charge on any atom is -0.506 e. The van der Waals surface area contributed by atoms with Crippen LogP contribution in [0.2, 0.25) is 0 Å². The van der Waals surface area contributed by atoms with E-state index >= 15 is 0 Å². The molecule has 0 saturated carbocycles. The van der Waals surface area contributed by atoms with Gasteiger partial charge in [0.2, 0.25) is 0 Å². The molecule has 1 heterocycles. The zero-order valence-electron chi connectivity index (χ0n) is 8.51. The summed E-state index contributed by atoms with van der Waals surface area (Å²) in [5.41, 5.74) is 7.69. The maximum atomic E-state index is 9.77. The predicted octanol–water partition coefficient (Wildman–Crippen LogP) is 2.68. The fourth-order valence-electron chi connectivity index (χ4n) is 1.89. The molecule has 3 nitrogen and oxygen atoms in total. The van der Waals surface area contributed by atoms with Crippen molar-refractivity contribution in [3.05, 3.63) is 42.5 Å². The van der Waals surface area contributed by atoms with Crippen molar-refractivity contribution in [2.75, 3.05) is 5.73 Å². The van der Waals surface area contributed by atoms with Crippen LogP contribution in [0.25, 0.3) is 21.8 Å². The van der Waals surface area contributed by atoms with Crippen molar-refractivity contribution in [2.45, 2.75) is 0 Å². The number of nitrogen functional groups attached to an aromatic ring is 1. The monoisotopic (exact) mass is 210 g/mol. The van der Waals surface area contributed by atoms with Crippen LogP contribution >= 0.6 is 0 Å². The maximum absolute atomic E-state index is 9.77. The number of anilines is 1. The Morgan fingerprint density at radius 1 is 1.00 bits per heavy atom. The Hall–Kier alpha value is -2.29. The summed E-state index contributed by atoms with van der Waals surface area (Å²) in [6.07, 6.45) is 0. The first-order valence-electron chi connectivity index (χ1n) is 5.02. The normalized spacial score (nSPS) is 11.0. The van der Waals surface area contributed by atoms with Crippen LogP contribution in [-0.4, -0.2) is 10.1 Å². The van der Waals surface area contributed by atoms with Crippen molar-refractivity contribution < 1.29 is 5.11 Å². The SMILES string of the molecule is Nc1cc(O)c2nc3ccccc3cc2c1. The molecular formula is C13H10N2O. The third-order valence-corrected chi connectivity index (χ3v) is 2.62. The molecule has 0 radical (unpaired) electrons. The molecule has 2 aromatic carbocycles. The first-order valence-corrected chi connectivity index (χ1v) is 5.02. The molecule has 0 saturated heterocycles. The summed E-state index contributed by atoms with van der Waals surface area (Å²) >= 11 is 0. The standard InChI is InChI=1S/C13H10N2O/c14-10-6-9-5-8-3-1-2-4-11(8)15-13(9)12(16)7-10/h1-7,16H,14H2. The van der Waals surface area contributed by atoms with Gasteiger partial charge in [0.15, 0.2) is 0 Å². The highest BCUT2D eigenvalue weighted by Crippen LogP contribution is 2.28. The number of pyridine rings is 1. The summed E-state index contributed by atoms with van der Waals surface area (Å²) in [5, 5.41) is 11.7. The van der Waals surface area contributed by atoms with E-state index < -0.39 is 0 Å². The third-order valence-electron chi connectivity index (χ3n) is 2.62. The van der Waals surface area contributed by atoms with E-state index in [4.69, 9.17) is 5.73 Å². The molecule has 0 aliphatic carbocycles. The summed E-state index contributed by atoms with van der Waals surface area (Å²) in [6.45, 7) is 0. The van der Waals surface area contributed by atoms with Gasteiger partial charge in [0.05, 0.1) is 5.52 Å². The molecule has 3 N–H and O–H groups in total. The number of aromatic nitrogens is 1. The van der Waals surface area contributed by atoms with Crippen LogP contribution < -0.4 is 5.73 Å². The van der Waals surface area contributed by atoms with E-state index in [0.29, 0.717) is 11.2 Å². The topological polar surface area (TPSA) is 59.1 Å². The van der Waals surface area contributed by atoms with Crippen LogP contribution in [0.1, 0.15) is 0 Å². The molecule has 3 heteroatoms. The Morgan fingerprint density at radius 2 is 1.81 bits per heavy atom. The van der Waals surface area contributed by atoms with Crippen LogP contribution in [0.4, 0.5) is 5.69 Å².